The molecule has 1 aromatic heterocycles. The monoisotopic (exact) mass is 408 g/mol. The van der Waals surface area contributed by atoms with E-state index in [4.69, 9.17) is 10.5 Å². The van der Waals surface area contributed by atoms with Gasteiger partial charge in [0.2, 0.25) is 0 Å². The second-order valence-corrected chi connectivity index (χ2v) is 9.26. The highest BCUT2D eigenvalue weighted by molar-refractivity contribution is 5.78. The molecular weight excluding hydrogens is 372 g/mol. The fourth-order valence-electron chi connectivity index (χ4n) is 3.03. The maximum atomic E-state index is 11.4. The van der Waals surface area contributed by atoms with Crippen molar-refractivity contribution in [1.29, 1.82) is 0 Å². The smallest absolute Gasteiger partial charge is 0.132 e. The number of ether oxygens (including phenoxy) is 1. The van der Waals surface area contributed by atoms with Gasteiger partial charge in [-0.05, 0) is 54.6 Å². The first-order valence-corrected chi connectivity index (χ1v) is 10.5. The Kier molecular flexibility index (Phi) is 7.62. The Morgan fingerprint density at radius 1 is 1.00 bits per heavy atom. The number of benzene rings is 2. The van der Waals surface area contributed by atoms with Gasteiger partial charge in [0.25, 0.3) is 0 Å². The third-order valence-corrected chi connectivity index (χ3v) is 5.16. The van der Waals surface area contributed by atoms with Gasteiger partial charge in [0.1, 0.15) is 11.4 Å². The molecule has 1 unspecified atom stereocenters. The van der Waals surface area contributed by atoms with Crippen LogP contribution in [-0.4, -0.2) is 23.7 Å². The summed E-state index contributed by atoms with van der Waals surface area (Å²) in [5.74, 6) is 1.32. The SMILES string of the molecule is CC(C)CN.COc1ccc(C(C)(C)C)cc1C(C)(O)c1ccc2ccccc2n1. The Morgan fingerprint density at radius 2 is 1.63 bits per heavy atom. The van der Waals surface area contributed by atoms with E-state index in [0.29, 0.717) is 17.4 Å². The third kappa shape index (κ3) is 5.59. The predicted octanol–water partition coefficient (Wildman–Crippen LogP) is 5.40. The molecule has 3 aromatic rings. The van der Waals surface area contributed by atoms with Gasteiger partial charge < -0.3 is 15.6 Å². The number of methoxy groups -OCH3 is 1. The van der Waals surface area contributed by atoms with E-state index in [1.165, 1.54) is 0 Å². The van der Waals surface area contributed by atoms with Crippen LogP contribution in [0.4, 0.5) is 0 Å². The zero-order chi connectivity index (χ0) is 22.5. The van der Waals surface area contributed by atoms with E-state index in [9.17, 15) is 5.11 Å². The Morgan fingerprint density at radius 3 is 2.20 bits per heavy atom. The minimum absolute atomic E-state index is 0.0199. The van der Waals surface area contributed by atoms with E-state index in [0.717, 1.165) is 28.6 Å². The summed E-state index contributed by atoms with van der Waals surface area (Å²) >= 11 is 0. The summed E-state index contributed by atoms with van der Waals surface area (Å²) in [6, 6.07) is 17.8. The molecule has 0 amide bonds. The van der Waals surface area contributed by atoms with Crippen molar-refractivity contribution in [1.82, 2.24) is 4.98 Å². The van der Waals surface area contributed by atoms with Crippen molar-refractivity contribution in [2.45, 2.75) is 52.6 Å². The summed E-state index contributed by atoms with van der Waals surface area (Å²) in [7, 11) is 1.62. The molecule has 0 aliphatic rings. The van der Waals surface area contributed by atoms with Gasteiger partial charge in [-0.15, -0.1) is 0 Å². The fraction of sp³-hybridized carbons (Fsp3) is 0.423. The van der Waals surface area contributed by atoms with Crippen molar-refractivity contribution in [2.24, 2.45) is 11.7 Å². The van der Waals surface area contributed by atoms with Crippen LogP contribution < -0.4 is 10.5 Å². The van der Waals surface area contributed by atoms with Crippen molar-refractivity contribution in [3.63, 3.8) is 0 Å². The molecule has 4 nitrogen and oxygen atoms in total. The Balaban J connectivity index is 0.000000575. The second kappa shape index (κ2) is 9.59. The minimum atomic E-state index is -1.25. The summed E-state index contributed by atoms with van der Waals surface area (Å²) in [5.41, 5.74) is 7.24. The van der Waals surface area contributed by atoms with Crippen LogP contribution in [0, 0.1) is 5.92 Å². The Labute approximate surface area is 181 Å². The molecule has 1 heterocycles. The topological polar surface area (TPSA) is 68.4 Å². The molecule has 4 heteroatoms. The summed E-state index contributed by atoms with van der Waals surface area (Å²) < 4.78 is 5.52. The molecule has 0 saturated carbocycles. The highest BCUT2D eigenvalue weighted by Crippen LogP contribution is 2.38. The first-order valence-electron chi connectivity index (χ1n) is 10.5. The average Bonchev–Trinajstić information content (AvgIpc) is 2.72. The first kappa shape index (κ1) is 23.8. The molecule has 162 valence electrons. The zero-order valence-electron chi connectivity index (χ0n) is 19.4. The maximum Gasteiger partial charge on any atom is 0.132 e. The van der Waals surface area contributed by atoms with Crippen LogP contribution in [0.1, 0.15) is 58.4 Å². The first-order chi connectivity index (χ1) is 14.0. The third-order valence-electron chi connectivity index (χ3n) is 5.16. The summed E-state index contributed by atoms with van der Waals surface area (Å²) in [4.78, 5) is 4.68. The van der Waals surface area contributed by atoms with E-state index in [-0.39, 0.29) is 5.41 Å². The van der Waals surface area contributed by atoms with Crippen LogP contribution >= 0.6 is 0 Å². The van der Waals surface area contributed by atoms with E-state index >= 15 is 0 Å². The fourth-order valence-corrected chi connectivity index (χ4v) is 3.03. The van der Waals surface area contributed by atoms with Gasteiger partial charge in [0.15, 0.2) is 0 Å². The molecule has 0 aliphatic heterocycles. The maximum absolute atomic E-state index is 11.4. The lowest BCUT2D eigenvalue weighted by molar-refractivity contribution is 0.0944. The Hall–Kier alpha value is -2.43. The molecule has 0 fully saturated rings. The van der Waals surface area contributed by atoms with Crippen molar-refractivity contribution in [3.05, 3.63) is 71.4 Å². The van der Waals surface area contributed by atoms with E-state index in [1.807, 2.05) is 54.6 Å². The molecule has 0 aliphatic carbocycles. The quantitative estimate of drug-likeness (QED) is 0.607. The van der Waals surface area contributed by atoms with E-state index in [1.54, 1.807) is 14.0 Å². The molecule has 0 bridgehead atoms. The summed E-state index contributed by atoms with van der Waals surface area (Å²) in [6.45, 7) is 13.2. The van der Waals surface area contributed by atoms with Gasteiger partial charge in [-0.25, -0.2) is 4.98 Å². The highest BCUT2D eigenvalue weighted by atomic mass is 16.5. The lowest BCUT2D eigenvalue weighted by Crippen LogP contribution is -2.26. The molecule has 0 radical (unpaired) electrons. The number of pyridine rings is 1. The number of fused-ring (bicyclic) bond motifs is 1. The zero-order valence-corrected chi connectivity index (χ0v) is 19.4. The largest absolute Gasteiger partial charge is 0.496 e. The second-order valence-electron chi connectivity index (χ2n) is 9.26. The lowest BCUT2D eigenvalue weighted by Gasteiger charge is -2.28. The predicted molar refractivity (Wildman–Crippen MR) is 126 cm³/mol. The van der Waals surface area contributed by atoms with Gasteiger partial charge >= 0.3 is 0 Å². The van der Waals surface area contributed by atoms with Gasteiger partial charge in [-0.3, -0.25) is 0 Å². The van der Waals surface area contributed by atoms with Crippen LogP contribution in [0.5, 0.6) is 5.75 Å². The summed E-state index contributed by atoms with van der Waals surface area (Å²) in [6.07, 6.45) is 0. The number of para-hydroxylation sites is 1. The number of nitrogens with two attached hydrogens (primary N) is 1. The molecule has 1 atom stereocenters. The van der Waals surface area contributed by atoms with Gasteiger partial charge in [0.05, 0.1) is 18.3 Å². The minimum Gasteiger partial charge on any atom is -0.496 e. The number of nitrogens with zero attached hydrogens (tertiary/aromatic N) is 1. The van der Waals surface area contributed by atoms with Gasteiger partial charge in [-0.1, -0.05) is 65.0 Å². The van der Waals surface area contributed by atoms with E-state index in [2.05, 4.69) is 39.6 Å². The lowest BCUT2D eigenvalue weighted by atomic mass is 9.82. The van der Waals surface area contributed by atoms with Crippen LogP contribution in [0.15, 0.2) is 54.6 Å². The molecule has 3 rings (SSSR count). The molecule has 0 saturated heterocycles. The standard InChI is InChI=1S/C22H25NO2.C4H11N/c1-21(2,3)16-11-12-19(25-5)17(14-16)22(4,24)20-13-10-15-8-6-7-9-18(15)23-20;1-4(2)3-5/h6-14,24H,1-5H3;4H,3,5H2,1-2H3. The number of hydrogen-bond acceptors (Lipinski definition) is 4. The van der Waals surface area contributed by atoms with Crippen LogP contribution in [-0.2, 0) is 11.0 Å². The van der Waals surface area contributed by atoms with Gasteiger partial charge in [0, 0.05) is 10.9 Å². The summed E-state index contributed by atoms with van der Waals surface area (Å²) in [5, 5.41) is 12.4. The number of aromatic nitrogens is 1. The Bertz CT molecular complexity index is 972. The molecular formula is C26H36N2O2. The highest BCUT2D eigenvalue weighted by Gasteiger charge is 2.32. The van der Waals surface area contributed by atoms with Crippen LogP contribution in [0.3, 0.4) is 0 Å². The average molecular weight is 409 g/mol. The molecule has 3 N–H and O–H groups in total. The number of rotatable bonds is 4. The van der Waals surface area contributed by atoms with Crippen molar-refractivity contribution in [3.8, 4) is 5.75 Å². The van der Waals surface area contributed by atoms with Crippen molar-refractivity contribution >= 4 is 10.9 Å². The molecule has 2 aromatic carbocycles. The number of aliphatic hydroxyl groups is 1. The molecule has 30 heavy (non-hydrogen) atoms. The van der Waals surface area contributed by atoms with Crippen molar-refractivity contribution < 1.29 is 9.84 Å². The van der Waals surface area contributed by atoms with Gasteiger partial charge in [-0.2, -0.15) is 0 Å². The molecule has 0 spiro atoms. The number of hydrogen-bond donors (Lipinski definition) is 2. The van der Waals surface area contributed by atoms with Crippen LogP contribution in [0.25, 0.3) is 10.9 Å². The van der Waals surface area contributed by atoms with Crippen molar-refractivity contribution in [2.75, 3.05) is 13.7 Å². The normalized spacial score (nSPS) is 13.5. The van der Waals surface area contributed by atoms with E-state index < -0.39 is 5.60 Å². The van der Waals surface area contributed by atoms with Crippen LogP contribution in [0.2, 0.25) is 0 Å².